The van der Waals surface area contributed by atoms with Crippen LogP contribution in [0.4, 0.5) is 11.4 Å². The standard InChI is InChI=1S/C24H23ClN2O2S/c1-15-7-4-5-8-20(15)24(29)26-18-11-13-19(14-12-18)30-17(3)23(28)27-22-10-6-9-21(25)16(22)2/h4-14,17H,1-3H3,(H,26,29)(H,27,28). The number of aryl methyl sites for hydroxylation is 1. The molecule has 0 radical (unpaired) electrons. The number of carbonyl (C=O) groups excluding carboxylic acids is 2. The Hall–Kier alpha value is -2.76. The molecule has 4 nitrogen and oxygen atoms in total. The zero-order chi connectivity index (χ0) is 21.7. The Kier molecular flexibility index (Phi) is 7.19. The Morgan fingerprint density at radius 3 is 2.30 bits per heavy atom. The predicted molar refractivity (Wildman–Crippen MR) is 126 cm³/mol. The molecule has 3 aromatic carbocycles. The highest BCUT2D eigenvalue weighted by atomic mass is 35.5. The lowest BCUT2D eigenvalue weighted by Crippen LogP contribution is -2.22. The van der Waals surface area contributed by atoms with E-state index in [0.29, 0.717) is 22.0 Å². The predicted octanol–water partition coefficient (Wildman–Crippen LogP) is 6.33. The summed E-state index contributed by atoms with van der Waals surface area (Å²) in [6.45, 7) is 5.64. The molecule has 0 heterocycles. The molecule has 1 unspecified atom stereocenters. The molecule has 0 saturated carbocycles. The van der Waals surface area contributed by atoms with Gasteiger partial charge in [0.25, 0.3) is 5.91 Å². The van der Waals surface area contributed by atoms with Crippen LogP contribution in [-0.4, -0.2) is 17.1 Å². The second kappa shape index (κ2) is 9.83. The molecule has 3 rings (SSSR count). The maximum absolute atomic E-state index is 12.5. The van der Waals surface area contributed by atoms with Crippen molar-refractivity contribution in [3.8, 4) is 0 Å². The van der Waals surface area contributed by atoms with Gasteiger partial charge in [0.2, 0.25) is 5.91 Å². The van der Waals surface area contributed by atoms with Crippen LogP contribution < -0.4 is 10.6 Å². The number of thioether (sulfide) groups is 1. The summed E-state index contributed by atoms with van der Waals surface area (Å²) in [5, 5.41) is 6.16. The van der Waals surface area contributed by atoms with E-state index < -0.39 is 0 Å². The minimum atomic E-state index is -0.296. The highest BCUT2D eigenvalue weighted by Gasteiger charge is 2.16. The summed E-state index contributed by atoms with van der Waals surface area (Å²) < 4.78 is 0. The summed E-state index contributed by atoms with van der Waals surface area (Å²) in [6.07, 6.45) is 0. The van der Waals surface area contributed by atoms with Crippen molar-refractivity contribution in [2.45, 2.75) is 30.9 Å². The number of hydrogen-bond acceptors (Lipinski definition) is 3. The maximum Gasteiger partial charge on any atom is 0.255 e. The summed E-state index contributed by atoms with van der Waals surface area (Å²) in [5.74, 6) is -0.236. The number of nitrogens with one attached hydrogen (secondary N) is 2. The molecule has 3 aromatic rings. The van der Waals surface area contributed by atoms with Gasteiger partial charge in [-0.15, -0.1) is 11.8 Å². The van der Waals surface area contributed by atoms with E-state index in [4.69, 9.17) is 11.6 Å². The molecule has 0 spiro atoms. The summed E-state index contributed by atoms with van der Waals surface area (Å²) in [4.78, 5) is 25.9. The molecule has 0 aliphatic heterocycles. The van der Waals surface area contributed by atoms with Crippen LogP contribution in [0.3, 0.4) is 0 Å². The van der Waals surface area contributed by atoms with Crippen molar-refractivity contribution in [2.75, 3.05) is 10.6 Å². The minimum Gasteiger partial charge on any atom is -0.325 e. The Balaban J connectivity index is 1.59. The van der Waals surface area contributed by atoms with Crippen LogP contribution in [0.5, 0.6) is 0 Å². The fraction of sp³-hybridized carbons (Fsp3) is 0.167. The van der Waals surface area contributed by atoms with Crippen molar-refractivity contribution in [1.82, 2.24) is 0 Å². The SMILES string of the molecule is Cc1ccccc1C(=O)Nc1ccc(SC(C)C(=O)Nc2cccc(Cl)c2C)cc1. The lowest BCUT2D eigenvalue weighted by Gasteiger charge is -2.14. The lowest BCUT2D eigenvalue weighted by molar-refractivity contribution is -0.115. The lowest BCUT2D eigenvalue weighted by atomic mass is 10.1. The number of amides is 2. The Labute approximate surface area is 186 Å². The van der Waals surface area contributed by atoms with Gasteiger partial charge in [0.05, 0.1) is 5.25 Å². The summed E-state index contributed by atoms with van der Waals surface area (Å²) in [6, 6.07) is 20.4. The zero-order valence-electron chi connectivity index (χ0n) is 17.0. The highest BCUT2D eigenvalue weighted by Crippen LogP contribution is 2.28. The van der Waals surface area contributed by atoms with Crippen LogP contribution in [-0.2, 0) is 4.79 Å². The topological polar surface area (TPSA) is 58.2 Å². The first-order chi connectivity index (χ1) is 14.3. The van der Waals surface area contributed by atoms with E-state index in [1.54, 1.807) is 12.1 Å². The van der Waals surface area contributed by atoms with Gasteiger partial charge < -0.3 is 10.6 Å². The fourth-order valence-corrected chi connectivity index (χ4v) is 3.92. The Bertz CT molecular complexity index is 1070. The first-order valence-electron chi connectivity index (χ1n) is 9.55. The monoisotopic (exact) mass is 438 g/mol. The van der Waals surface area contributed by atoms with E-state index in [1.165, 1.54) is 11.8 Å². The van der Waals surface area contributed by atoms with Crippen LogP contribution in [0.25, 0.3) is 0 Å². The van der Waals surface area contributed by atoms with Gasteiger partial charge in [-0.1, -0.05) is 35.9 Å². The van der Waals surface area contributed by atoms with Crippen molar-refractivity contribution < 1.29 is 9.59 Å². The third-order valence-corrected chi connectivity index (χ3v) is 6.23. The second-order valence-corrected chi connectivity index (χ2v) is 8.78. The van der Waals surface area contributed by atoms with Gasteiger partial charge in [-0.25, -0.2) is 0 Å². The third kappa shape index (κ3) is 5.43. The van der Waals surface area contributed by atoms with E-state index in [1.807, 2.05) is 75.4 Å². The normalized spacial score (nSPS) is 11.6. The van der Waals surface area contributed by atoms with Crippen molar-refractivity contribution >= 4 is 46.6 Å². The van der Waals surface area contributed by atoms with Gasteiger partial charge in [0, 0.05) is 26.9 Å². The molecule has 0 bridgehead atoms. The average molecular weight is 439 g/mol. The fourth-order valence-electron chi connectivity index (χ4n) is 2.88. The number of hydrogen-bond donors (Lipinski definition) is 2. The smallest absolute Gasteiger partial charge is 0.255 e. The van der Waals surface area contributed by atoms with E-state index in [-0.39, 0.29) is 17.1 Å². The summed E-state index contributed by atoms with van der Waals surface area (Å²) in [7, 11) is 0. The van der Waals surface area contributed by atoms with Crippen molar-refractivity contribution in [3.05, 3.63) is 88.4 Å². The zero-order valence-corrected chi connectivity index (χ0v) is 18.6. The number of halogens is 1. The van der Waals surface area contributed by atoms with Crippen molar-refractivity contribution in [1.29, 1.82) is 0 Å². The summed E-state index contributed by atoms with van der Waals surface area (Å²) >= 11 is 7.57. The number of benzene rings is 3. The molecular weight excluding hydrogens is 416 g/mol. The first-order valence-corrected chi connectivity index (χ1v) is 10.8. The van der Waals surface area contributed by atoms with Crippen molar-refractivity contribution in [2.24, 2.45) is 0 Å². The van der Waals surface area contributed by atoms with Crippen LogP contribution in [0, 0.1) is 13.8 Å². The quantitative estimate of drug-likeness (QED) is 0.442. The maximum atomic E-state index is 12.5. The molecule has 0 fully saturated rings. The molecule has 0 saturated heterocycles. The Morgan fingerprint density at radius 1 is 0.900 bits per heavy atom. The summed E-state index contributed by atoms with van der Waals surface area (Å²) in [5.41, 5.74) is 3.85. The molecule has 0 aliphatic rings. The van der Waals surface area contributed by atoms with E-state index in [2.05, 4.69) is 10.6 Å². The first kappa shape index (κ1) is 21.9. The average Bonchev–Trinajstić information content (AvgIpc) is 2.73. The number of carbonyl (C=O) groups is 2. The molecule has 1 atom stereocenters. The third-order valence-electron chi connectivity index (χ3n) is 4.71. The van der Waals surface area contributed by atoms with Gasteiger partial charge in [-0.05, 0) is 74.4 Å². The van der Waals surface area contributed by atoms with Gasteiger partial charge >= 0.3 is 0 Å². The van der Waals surface area contributed by atoms with E-state index in [9.17, 15) is 9.59 Å². The molecule has 154 valence electrons. The van der Waals surface area contributed by atoms with Gasteiger partial charge in [-0.3, -0.25) is 9.59 Å². The van der Waals surface area contributed by atoms with Gasteiger partial charge in [0.1, 0.15) is 0 Å². The van der Waals surface area contributed by atoms with Gasteiger partial charge in [0.15, 0.2) is 0 Å². The van der Waals surface area contributed by atoms with E-state index >= 15 is 0 Å². The Morgan fingerprint density at radius 2 is 1.60 bits per heavy atom. The highest BCUT2D eigenvalue weighted by molar-refractivity contribution is 8.00. The minimum absolute atomic E-state index is 0.0951. The van der Waals surface area contributed by atoms with Gasteiger partial charge in [-0.2, -0.15) is 0 Å². The molecule has 6 heteroatoms. The molecule has 2 N–H and O–H groups in total. The number of anilines is 2. The molecule has 0 aliphatic carbocycles. The molecular formula is C24H23ClN2O2S. The van der Waals surface area contributed by atoms with Crippen LogP contribution in [0.15, 0.2) is 71.6 Å². The van der Waals surface area contributed by atoms with Crippen LogP contribution >= 0.6 is 23.4 Å². The largest absolute Gasteiger partial charge is 0.325 e. The van der Waals surface area contributed by atoms with Crippen molar-refractivity contribution in [3.63, 3.8) is 0 Å². The second-order valence-electron chi connectivity index (χ2n) is 6.96. The molecule has 0 aromatic heterocycles. The molecule has 30 heavy (non-hydrogen) atoms. The van der Waals surface area contributed by atoms with Crippen LogP contribution in [0.2, 0.25) is 5.02 Å². The van der Waals surface area contributed by atoms with Crippen LogP contribution in [0.1, 0.15) is 28.4 Å². The number of rotatable bonds is 6. The van der Waals surface area contributed by atoms with E-state index in [0.717, 1.165) is 16.0 Å². The molecule has 2 amide bonds.